The van der Waals surface area contributed by atoms with Gasteiger partial charge in [0.25, 0.3) is 0 Å². The van der Waals surface area contributed by atoms with E-state index in [2.05, 4.69) is 0 Å². The van der Waals surface area contributed by atoms with Crippen LogP contribution >= 0.6 is 20.0 Å². The minimum Gasteiger partial charge on any atom is -1.00 e. The third-order valence-electron chi connectivity index (χ3n) is 1.68. The van der Waals surface area contributed by atoms with Crippen LogP contribution < -0.4 is 0 Å². The predicted octanol–water partition coefficient (Wildman–Crippen LogP) is 2.89. The second kappa shape index (κ2) is 7.10. The molecule has 1 heterocycles. The third kappa shape index (κ3) is 4.80. The Kier molecular flexibility index (Phi) is 9.02. The molecule has 1 aliphatic heterocycles. The molecule has 0 bridgehead atoms. The fourth-order valence-corrected chi connectivity index (χ4v) is 6.25. The van der Waals surface area contributed by atoms with Crippen molar-refractivity contribution in [2.45, 2.75) is 29.8 Å². The van der Waals surface area contributed by atoms with Crippen LogP contribution in [0, 0.1) is 0 Å². The molecule has 1 rings (SSSR count). The van der Waals surface area contributed by atoms with Crippen molar-refractivity contribution in [2.24, 2.45) is 0 Å². The van der Waals surface area contributed by atoms with Crippen molar-refractivity contribution in [3.05, 3.63) is 0 Å². The van der Waals surface area contributed by atoms with Gasteiger partial charge in [-0.1, -0.05) is 40.5 Å². The maximum atomic E-state index is 5.66. The Bertz CT molecular complexity index is 75.5. The van der Waals surface area contributed by atoms with E-state index >= 15 is 0 Å². The van der Waals surface area contributed by atoms with Gasteiger partial charge in [-0.25, -0.2) is 0 Å². The van der Waals surface area contributed by atoms with Crippen molar-refractivity contribution >= 4 is 70.8 Å². The number of rotatable bonds is 1. The molecular weight excluding hydrogens is 195 g/mol. The molecule has 0 nitrogen and oxygen atoms in total. The zero-order valence-corrected chi connectivity index (χ0v) is 10.5. The Balaban J connectivity index is -0.000000213. The van der Waals surface area contributed by atoms with E-state index in [0.29, 0.717) is 0 Å². The maximum Gasteiger partial charge on any atom is 2.00 e. The van der Waals surface area contributed by atoms with E-state index in [9.17, 15) is 0 Å². The minimum atomic E-state index is -0.423. The first-order valence-electron chi connectivity index (χ1n) is 3.21. The van der Waals surface area contributed by atoms with Gasteiger partial charge in [-0.05, 0) is 0 Å². The van der Waals surface area contributed by atoms with Gasteiger partial charge in [-0.3, -0.25) is 0 Å². The van der Waals surface area contributed by atoms with Gasteiger partial charge in [0.2, 0.25) is 0 Å². The van der Waals surface area contributed by atoms with Crippen molar-refractivity contribution in [3.8, 4) is 0 Å². The van der Waals surface area contributed by atoms with E-state index in [4.69, 9.17) is 10.7 Å². The summed E-state index contributed by atoms with van der Waals surface area (Å²) >= 11 is -0.423. The standard InChI is InChI=1S/C5H10.Al.Ca.ClS.2H/c1-3-5-4-2;;;1-2;;/h1-5H2;;;;;/q;+1;+2;3*-1. The second-order valence-corrected chi connectivity index (χ2v) is 9.06. The summed E-state index contributed by atoms with van der Waals surface area (Å²) in [4.78, 5) is 0. The Labute approximate surface area is 102 Å². The van der Waals surface area contributed by atoms with Crippen molar-refractivity contribution in [1.82, 2.24) is 0 Å². The summed E-state index contributed by atoms with van der Waals surface area (Å²) in [6.07, 6.45) is 4.37. The maximum absolute atomic E-state index is 5.66. The monoisotopic (exact) mass is 206 g/mol. The molecule has 0 unspecified atom stereocenters. The van der Waals surface area contributed by atoms with Crippen molar-refractivity contribution in [1.29, 1.82) is 0 Å². The summed E-state index contributed by atoms with van der Waals surface area (Å²) in [5.74, 6) is 0. The Hall–Kier alpha value is 2.43. The molecule has 4 heteroatoms. The van der Waals surface area contributed by atoms with Crippen LogP contribution in [0.4, 0.5) is 0 Å². The van der Waals surface area contributed by atoms with Crippen LogP contribution in [0.15, 0.2) is 0 Å². The van der Waals surface area contributed by atoms with E-state index in [1.54, 1.807) is 9.34 Å². The molecule has 1 aliphatic rings. The molecule has 0 aliphatic carbocycles. The number of halogens is 1. The summed E-state index contributed by atoms with van der Waals surface area (Å²) in [6, 6.07) is 0. The zero-order valence-electron chi connectivity index (χ0n) is 7.61. The third-order valence-corrected chi connectivity index (χ3v) is 8.47. The fraction of sp³-hybridized carbons (Fsp3) is 1.00. The quantitative estimate of drug-likeness (QED) is 0.595. The molecule has 0 atom stereocenters. The van der Waals surface area contributed by atoms with Crippen LogP contribution in [-0.4, -0.2) is 50.8 Å². The van der Waals surface area contributed by atoms with Crippen LogP contribution in [0.25, 0.3) is 0 Å². The van der Waals surface area contributed by atoms with Crippen LogP contribution in [-0.2, 0) is 0 Å². The second-order valence-electron chi connectivity index (χ2n) is 2.35. The van der Waals surface area contributed by atoms with Gasteiger partial charge in [0.15, 0.2) is 0 Å². The van der Waals surface area contributed by atoms with E-state index in [1.165, 1.54) is 29.8 Å². The first-order chi connectivity index (χ1) is 3.93. The van der Waals surface area contributed by atoms with Crippen LogP contribution in [0.5, 0.6) is 0 Å². The molecule has 1 saturated heterocycles. The minimum absolute atomic E-state index is 0. The van der Waals surface area contributed by atoms with E-state index < -0.39 is 13.0 Å². The first-order valence-corrected chi connectivity index (χ1v) is 7.96. The number of hydrogen-bond donors (Lipinski definition) is 0. The van der Waals surface area contributed by atoms with Gasteiger partial charge >= 0.3 is 50.8 Å². The summed E-state index contributed by atoms with van der Waals surface area (Å²) in [5.41, 5.74) is 0. The zero-order chi connectivity index (χ0) is 5.82. The smallest absolute Gasteiger partial charge is 1.00 e. The summed E-state index contributed by atoms with van der Waals surface area (Å²) in [7, 11) is 7.32. The molecular formula is C5H12AlCaClS. The summed E-state index contributed by atoms with van der Waals surface area (Å²) in [5, 5.41) is 2.96. The van der Waals surface area contributed by atoms with Gasteiger partial charge in [-0.2, -0.15) is 9.34 Å². The first kappa shape index (κ1) is 11.4. The molecule has 0 aromatic heterocycles. The largest absolute Gasteiger partial charge is 2.00 e. The SMILES string of the molecule is Cl[S][Al]1[CH2]CCC[CH2]1.[Ca+2].[H-].[H-]. The molecule has 0 saturated carbocycles. The average molecular weight is 207 g/mol. The molecule has 0 N–H and O–H groups in total. The van der Waals surface area contributed by atoms with Gasteiger partial charge < -0.3 is 2.85 Å². The summed E-state index contributed by atoms with van der Waals surface area (Å²) in [6.45, 7) is 0. The molecule has 0 aromatic carbocycles. The molecule has 0 radical (unpaired) electrons. The Morgan fingerprint density at radius 3 is 2.11 bits per heavy atom. The Morgan fingerprint density at radius 1 is 1.22 bits per heavy atom. The average Bonchev–Trinajstić information content (AvgIpc) is 1.90. The molecule has 9 heavy (non-hydrogen) atoms. The van der Waals surface area contributed by atoms with Gasteiger partial charge in [0.05, 0.1) is 0 Å². The molecule has 0 spiro atoms. The van der Waals surface area contributed by atoms with Gasteiger partial charge in [0, 0.05) is 0 Å². The van der Waals surface area contributed by atoms with E-state index in [0.717, 1.165) is 0 Å². The van der Waals surface area contributed by atoms with E-state index in [-0.39, 0.29) is 40.6 Å². The fourth-order valence-electron chi connectivity index (χ4n) is 1.15. The Morgan fingerprint density at radius 2 is 1.78 bits per heavy atom. The number of hydrogen-bond acceptors (Lipinski definition) is 1. The van der Waals surface area contributed by atoms with Crippen molar-refractivity contribution in [2.75, 3.05) is 0 Å². The van der Waals surface area contributed by atoms with Crippen LogP contribution in [0.1, 0.15) is 22.1 Å². The van der Waals surface area contributed by atoms with E-state index in [1.807, 2.05) is 0 Å². The van der Waals surface area contributed by atoms with Crippen LogP contribution in [0.3, 0.4) is 0 Å². The normalized spacial score (nSPS) is 19.0. The summed E-state index contributed by atoms with van der Waals surface area (Å²) < 4.78 is 0. The van der Waals surface area contributed by atoms with Crippen molar-refractivity contribution in [3.63, 3.8) is 0 Å². The molecule has 0 amide bonds. The topological polar surface area (TPSA) is 0 Å². The predicted molar refractivity (Wildman–Crippen MR) is 50.6 cm³/mol. The molecule has 50 valence electrons. The molecule has 1 fully saturated rings. The molecule has 0 aromatic rings. The van der Waals surface area contributed by atoms with Gasteiger partial charge in [0.1, 0.15) is 0 Å². The van der Waals surface area contributed by atoms with Gasteiger partial charge in [-0.15, -0.1) is 0 Å². The van der Waals surface area contributed by atoms with Crippen LogP contribution in [0.2, 0.25) is 10.6 Å². The van der Waals surface area contributed by atoms with Crippen molar-refractivity contribution < 1.29 is 2.85 Å².